The van der Waals surface area contributed by atoms with Crippen LogP contribution in [0.3, 0.4) is 0 Å². The Morgan fingerprint density at radius 3 is 2.61 bits per heavy atom. The van der Waals surface area contributed by atoms with Gasteiger partial charge in [-0.25, -0.2) is 0 Å². The Balaban J connectivity index is 1.40. The molecule has 2 heterocycles. The molecule has 1 saturated heterocycles. The smallest absolute Gasteiger partial charge is 0.244 e. The Labute approximate surface area is 181 Å². The molecular formula is C25H25N3O3. The average Bonchev–Trinajstić information content (AvgIpc) is 3.40. The first kappa shape index (κ1) is 19.7. The molecule has 1 aliphatic rings. The molecule has 0 radical (unpaired) electrons. The number of methoxy groups -OCH3 is 1. The number of aromatic nitrogens is 2. The third kappa shape index (κ3) is 4.04. The van der Waals surface area contributed by atoms with Gasteiger partial charge in [-0.05, 0) is 29.0 Å². The highest BCUT2D eigenvalue weighted by molar-refractivity contribution is 5.91. The van der Waals surface area contributed by atoms with Crippen molar-refractivity contribution >= 4 is 10.8 Å². The normalized spacial score (nSPS) is 19.2. The first-order chi connectivity index (χ1) is 15.2. The summed E-state index contributed by atoms with van der Waals surface area (Å²) in [4.78, 5) is 6.87. The number of β-amino-alcohol motifs (C(OH)–C–C–N with tert-alkyl or cyclic N) is 1. The maximum absolute atomic E-state index is 10.4. The summed E-state index contributed by atoms with van der Waals surface area (Å²) in [5.74, 6) is 2.09. The van der Waals surface area contributed by atoms with E-state index in [-0.39, 0.29) is 6.04 Å². The molecule has 0 amide bonds. The van der Waals surface area contributed by atoms with E-state index in [9.17, 15) is 5.11 Å². The molecular weight excluding hydrogens is 390 g/mol. The number of hydrogen-bond donors (Lipinski definition) is 1. The van der Waals surface area contributed by atoms with Crippen LogP contribution in [-0.2, 0) is 13.0 Å². The zero-order chi connectivity index (χ0) is 21.2. The van der Waals surface area contributed by atoms with Crippen molar-refractivity contribution in [1.82, 2.24) is 15.0 Å². The van der Waals surface area contributed by atoms with Gasteiger partial charge in [0, 0.05) is 24.9 Å². The Kier molecular flexibility index (Phi) is 5.40. The fourth-order valence-electron chi connectivity index (χ4n) is 4.43. The standard InChI is InChI=1S/C25H25N3O3/c1-30-23-12-11-18(20-9-5-6-10-21(20)23)15-28-16-19(29)14-22(28)25-26-24(27-31-25)13-17-7-3-2-4-8-17/h2-12,19,22,29H,13-16H2,1H3/t19-,22+/m1/s1. The number of aliphatic hydroxyl groups excluding tert-OH is 1. The fraction of sp³-hybridized carbons (Fsp3) is 0.280. The zero-order valence-corrected chi connectivity index (χ0v) is 17.4. The molecule has 5 rings (SSSR count). The van der Waals surface area contributed by atoms with Crippen molar-refractivity contribution in [3.8, 4) is 5.75 Å². The summed E-state index contributed by atoms with van der Waals surface area (Å²) in [7, 11) is 1.69. The summed E-state index contributed by atoms with van der Waals surface area (Å²) in [6.45, 7) is 1.25. The van der Waals surface area contributed by atoms with Gasteiger partial charge < -0.3 is 14.4 Å². The Morgan fingerprint density at radius 1 is 1.03 bits per heavy atom. The predicted molar refractivity (Wildman–Crippen MR) is 118 cm³/mol. The molecule has 1 aromatic heterocycles. The number of ether oxygens (including phenoxy) is 1. The first-order valence-electron chi connectivity index (χ1n) is 10.5. The van der Waals surface area contributed by atoms with Gasteiger partial charge in [0.1, 0.15) is 5.75 Å². The number of nitrogens with zero attached hydrogens (tertiary/aromatic N) is 3. The second kappa shape index (κ2) is 8.49. The van der Waals surface area contributed by atoms with Gasteiger partial charge in [-0.1, -0.05) is 65.8 Å². The highest BCUT2D eigenvalue weighted by atomic mass is 16.5. The van der Waals surface area contributed by atoms with E-state index in [0.29, 0.717) is 37.6 Å². The van der Waals surface area contributed by atoms with Crippen LogP contribution in [0.25, 0.3) is 10.8 Å². The molecule has 4 aromatic rings. The Morgan fingerprint density at radius 2 is 1.81 bits per heavy atom. The van der Waals surface area contributed by atoms with E-state index in [4.69, 9.17) is 9.26 Å². The third-order valence-electron chi connectivity index (χ3n) is 5.92. The summed E-state index contributed by atoms with van der Waals surface area (Å²) in [5, 5.41) is 16.8. The highest BCUT2D eigenvalue weighted by Crippen LogP contribution is 2.35. The molecule has 1 aliphatic heterocycles. The lowest BCUT2D eigenvalue weighted by molar-refractivity contribution is 0.169. The zero-order valence-electron chi connectivity index (χ0n) is 17.4. The minimum absolute atomic E-state index is 0.104. The van der Waals surface area contributed by atoms with E-state index >= 15 is 0 Å². The first-order valence-corrected chi connectivity index (χ1v) is 10.5. The Bertz CT molecular complexity index is 1180. The van der Waals surface area contributed by atoms with Crippen LogP contribution in [0.5, 0.6) is 5.75 Å². The maximum atomic E-state index is 10.4. The molecule has 158 valence electrons. The van der Waals surface area contributed by atoms with Gasteiger partial charge in [-0.15, -0.1) is 0 Å². The Hall–Kier alpha value is -3.22. The van der Waals surface area contributed by atoms with E-state index in [1.165, 1.54) is 5.56 Å². The number of aliphatic hydroxyl groups is 1. The number of hydrogen-bond acceptors (Lipinski definition) is 6. The van der Waals surface area contributed by atoms with Crippen LogP contribution in [0, 0.1) is 0 Å². The summed E-state index contributed by atoms with van der Waals surface area (Å²) in [6.07, 6.45) is 0.794. The lowest BCUT2D eigenvalue weighted by atomic mass is 10.0. The van der Waals surface area contributed by atoms with Crippen LogP contribution in [0.2, 0.25) is 0 Å². The summed E-state index contributed by atoms with van der Waals surface area (Å²) >= 11 is 0. The second-order valence-electron chi connectivity index (χ2n) is 8.02. The number of benzene rings is 3. The molecule has 6 heteroatoms. The summed E-state index contributed by atoms with van der Waals surface area (Å²) in [5.41, 5.74) is 2.32. The van der Waals surface area contributed by atoms with Crippen LogP contribution >= 0.6 is 0 Å². The van der Waals surface area contributed by atoms with Crippen molar-refractivity contribution in [2.24, 2.45) is 0 Å². The SMILES string of the molecule is COc1ccc(CN2C[C@H](O)C[C@H]2c2nc(Cc3ccccc3)no2)c2ccccc12. The topological polar surface area (TPSA) is 71.6 Å². The molecule has 31 heavy (non-hydrogen) atoms. The third-order valence-corrected chi connectivity index (χ3v) is 5.92. The van der Waals surface area contributed by atoms with Crippen molar-refractivity contribution < 1.29 is 14.4 Å². The van der Waals surface area contributed by atoms with E-state index in [1.54, 1.807) is 7.11 Å². The van der Waals surface area contributed by atoms with Crippen molar-refractivity contribution in [1.29, 1.82) is 0 Å². The highest BCUT2D eigenvalue weighted by Gasteiger charge is 2.36. The number of rotatable bonds is 6. The monoisotopic (exact) mass is 415 g/mol. The van der Waals surface area contributed by atoms with Crippen molar-refractivity contribution in [2.45, 2.75) is 31.5 Å². The van der Waals surface area contributed by atoms with Crippen LogP contribution in [0.15, 0.2) is 71.3 Å². The minimum atomic E-state index is -0.418. The molecule has 3 aromatic carbocycles. The molecule has 6 nitrogen and oxygen atoms in total. The number of fused-ring (bicyclic) bond motifs is 1. The molecule has 0 aliphatic carbocycles. The van der Waals surface area contributed by atoms with E-state index in [2.05, 4.69) is 45.4 Å². The minimum Gasteiger partial charge on any atom is -0.496 e. The summed E-state index contributed by atoms with van der Waals surface area (Å²) in [6, 6.07) is 22.3. The van der Waals surface area contributed by atoms with Gasteiger partial charge in [-0.3, -0.25) is 4.90 Å². The van der Waals surface area contributed by atoms with Crippen molar-refractivity contribution in [2.75, 3.05) is 13.7 Å². The molecule has 1 fully saturated rings. The van der Waals surface area contributed by atoms with Crippen LogP contribution in [0.1, 0.15) is 35.3 Å². The van der Waals surface area contributed by atoms with Gasteiger partial charge in [-0.2, -0.15) is 4.98 Å². The van der Waals surface area contributed by atoms with Gasteiger partial charge >= 0.3 is 0 Å². The van der Waals surface area contributed by atoms with E-state index in [1.807, 2.05) is 36.4 Å². The molecule has 0 unspecified atom stereocenters. The number of likely N-dealkylation sites (tertiary alicyclic amines) is 1. The predicted octanol–water partition coefficient (Wildman–Crippen LogP) is 4.13. The molecule has 2 atom stereocenters. The van der Waals surface area contributed by atoms with Crippen LogP contribution in [0.4, 0.5) is 0 Å². The molecule has 0 bridgehead atoms. The van der Waals surface area contributed by atoms with Crippen molar-refractivity contribution in [3.05, 3.63) is 89.6 Å². The van der Waals surface area contributed by atoms with Crippen LogP contribution < -0.4 is 4.74 Å². The van der Waals surface area contributed by atoms with Gasteiger partial charge in [0.2, 0.25) is 5.89 Å². The van der Waals surface area contributed by atoms with Gasteiger partial charge in [0.25, 0.3) is 0 Å². The lowest BCUT2D eigenvalue weighted by Gasteiger charge is -2.22. The van der Waals surface area contributed by atoms with Crippen LogP contribution in [-0.4, -0.2) is 39.9 Å². The van der Waals surface area contributed by atoms with Gasteiger partial charge in [0.15, 0.2) is 5.82 Å². The fourth-order valence-corrected chi connectivity index (χ4v) is 4.43. The summed E-state index contributed by atoms with van der Waals surface area (Å²) < 4.78 is 11.2. The molecule has 0 spiro atoms. The van der Waals surface area contributed by atoms with Gasteiger partial charge in [0.05, 0.1) is 19.3 Å². The van der Waals surface area contributed by atoms with Crippen molar-refractivity contribution in [3.63, 3.8) is 0 Å². The average molecular weight is 415 g/mol. The van der Waals surface area contributed by atoms with E-state index < -0.39 is 6.10 Å². The second-order valence-corrected chi connectivity index (χ2v) is 8.02. The maximum Gasteiger partial charge on any atom is 0.244 e. The largest absolute Gasteiger partial charge is 0.496 e. The molecule has 1 N–H and O–H groups in total. The lowest BCUT2D eigenvalue weighted by Crippen LogP contribution is -2.24. The molecule has 0 saturated carbocycles. The quantitative estimate of drug-likeness (QED) is 0.511. The van der Waals surface area contributed by atoms with E-state index in [0.717, 1.165) is 22.1 Å².